The molecule has 0 saturated heterocycles. The topological polar surface area (TPSA) is 71.7 Å². The van der Waals surface area contributed by atoms with Crippen LogP contribution in [0.25, 0.3) is 10.9 Å². The molecule has 0 spiro atoms. The van der Waals surface area contributed by atoms with Gasteiger partial charge in [0, 0.05) is 23.2 Å². The van der Waals surface area contributed by atoms with Crippen LogP contribution in [0.15, 0.2) is 24.4 Å². The number of phenolic OH excluding ortho intramolecular Hbond substituents is 1. The Morgan fingerprint density at radius 1 is 1.40 bits per heavy atom. The van der Waals surface area contributed by atoms with Gasteiger partial charge >= 0.3 is 5.97 Å². The van der Waals surface area contributed by atoms with Crippen LogP contribution in [0, 0.1) is 0 Å². The highest BCUT2D eigenvalue weighted by atomic mass is 16.5. The third-order valence-electron chi connectivity index (χ3n) is 3.22. The van der Waals surface area contributed by atoms with E-state index in [4.69, 9.17) is 4.74 Å². The van der Waals surface area contributed by atoms with Crippen molar-refractivity contribution in [2.75, 3.05) is 6.61 Å². The molecule has 1 heterocycles. The predicted octanol–water partition coefficient (Wildman–Crippen LogP) is 2.52. The van der Waals surface area contributed by atoms with Crippen molar-refractivity contribution < 1.29 is 19.7 Å². The lowest BCUT2D eigenvalue weighted by molar-refractivity contribution is -0.153. The number of para-hydroxylation sites is 1. The highest BCUT2D eigenvalue weighted by Crippen LogP contribution is 2.34. The number of aliphatic hydroxyl groups is 1. The maximum Gasteiger partial charge on any atom is 0.339 e. The average molecular weight is 277 g/mol. The van der Waals surface area contributed by atoms with Crippen molar-refractivity contribution in [1.29, 1.82) is 0 Å². The molecule has 108 valence electrons. The smallest absolute Gasteiger partial charge is 0.339 e. The normalized spacial score (nSPS) is 12.8. The molecule has 1 aromatic carbocycles. The average Bonchev–Trinajstić information content (AvgIpc) is 2.79. The number of phenols is 1. The number of aliphatic hydroxyl groups excluding tert-OH is 1. The summed E-state index contributed by atoms with van der Waals surface area (Å²) >= 11 is 0. The molecule has 2 rings (SSSR count). The molecule has 0 fully saturated rings. The number of hydrogen-bond donors (Lipinski definition) is 2. The number of carbonyl (C=O) groups is 1. The van der Waals surface area contributed by atoms with Crippen molar-refractivity contribution in [2.24, 2.45) is 0 Å². The summed E-state index contributed by atoms with van der Waals surface area (Å²) in [6.45, 7) is 5.83. The fraction of sp³-hybridized carbons (Fsp3) is 0.400. The number of ether oxygens (including phenoxy) is 1. The molecule has 20 heavy (non-hydrogen) atoms. The first-order valence-electron chi connectivity index (χ1n) is 6.64. The van der Waals surface area contributed by atoms with Crippen LogP contribution in [0.4, 0.5) is 0 Å². The van der Waals surface area contributed by atoms with Crippen molar-refractivity contribution in [3.05, 3.63) is 30.0 Å². The molecule has 2 aromatic rings. The molecule has 0 aliphatic heterocycles. The van der Waals surface area contributed by atoms with E-state index in [2.05, 4.69) is 0 Å². The number of hydrogen-bond acceptors (Lipinski definition) is 4. The van der Waals surface area contributed by atoms with E-state index in [9.17, 15) is 15.0 Å². The number of esters is 1. The molecule has 0 amide bonds. The molecule has 0 aliphatic rings. The number of benzene rings is 1. The third-order valence-corrected chi connectivity index (χ3v) is 3.22. The zero-order valence-corrected chi connectivity index (χ0v) is 11.8. The molecule has 1 unspecified atom stereocenters. The molecule has 0 radical (unpaired) electrons. The summed E-state index contributed by atoms with van der Waals surface area (Å²) in [5, 5.41) is 20.8. The van der Waals surface area contributed by atoms with E-state index in [1.807, 2.05) is 18.4 Å². The van der Waals surface area contributed by atoms with Gasteiger partial charge in [-0.05, 0) is 26.8 Å². The summed E-state index contributed by atoms with van der Waals surface area (Å²) < 4.78 is 6.68. The van der Waals surface area contributed by atoms with Crippen LogP contribution in [0.2, 0.25) is 0 Å². The van der Waals surface area contributed by atoms with Gasteiger partial charge < -0.3 is 19.5 Å². The fourth-order valence-corrected chi connectivity index (χ4v) is 2.29. The second-order valence-corrected chi connectivity index (χ2v) is 4.91. The second-order valence-electron chi connectivity index (χ2n) is 4.91. The van der Waals surface area contributed by atoms with Crippen molar-refractivity contribution in [1.82, 2.24) is 4.57 Å². The van der Waals surface area contributed by atoms with Gasteiger partial charge in [-0.25, -0.2) is 4.79 Å². The molecule has 0 aliphatic carbocycles. The van der Waals surface area contributed by atoms with E-state index in [0.717, 1.165) is 0 Å². The van der Waals surface area contributed by atoms with Crippen molar-refractivity contribution in [3.63, 3.8) is 0 Å². The Morgan fingerprint density at radius 2 is 2.10 bits per heavy atom. The van der Waals surface area contributed by atoms with Gasteiger partial charge in [0.1, 0.15) is 5.75 Å². The van der Waals surface area contributed by atoms with E-state index in [-0.39, 0.29) is 18.4 Å². The lowest BCUT2D eigenvalue weighted by Gasteiger charge is -2.09. The highest BCUT2D eigenvalue weighted by Gasteiger charge is 2.25. The lowest BCUT2D eigenvalue weighted by atomic mass is 10.1. The van der Waals surface area contributed by atoms with E-state index in [0.29, 0.717) is 16.5 Å². The molecule has 5 heteroatoms. The monoisotopic (exact) mass is 277 g/mol. The van der Waals surface area contributed by atoms with Gasteiger partial charge in [-0.2, -0.15) is 0 Å². The minimum atomic E-state index is -1.35. The Kier molecular flexibility index (Phi) is 3.99. The molecule has 1 atom stereocenters. The zero-order chi connectivity index (χ0) is 14.9. The summed E-state index contributed by atoms with van der Waals surface area (Å²) in [6.07, 6.45) is 0.343. The molecule has 5 nitrogen and oxygen atoms in total. The van der Waals surface area contributed by atoms with Gasteiger partial charge in [0.15, 0.2) is 6.10 Å². The number of aromatic hydroxyl groups is 1. The first kappa shape index (κ1) is 14.4. The van der Waals surface area contributed by atoms with Crippen LogP contribution in [-0.2, 0) is 9.53 Å². The quantitative estimate of drug-likeness (QED) is 0.842. The van der Waals surface area contributed by atoms with Gasteiger partial charge in [0.2, 0.25) is 0 Å². The maximum atomic E-state index is 11.7. The largest absolute Gasteiger partial charge is 0.506 e. The van der Waals surface area contributed by atoms with Crippen LogP contribution in [-0.4, -0.2) is 27.4 Å². The minimum absolute atomic E-state index is 0.0916. The Labute approximate surface area is 117 Å². The molecular formula is C15H19NO4. The molecular weight excluding hydrogens is 258 g/mol. The van der Waals surface area contributed by atoms with Crippen LogP contribution < -0.4 is 0 Å². The first-order chi connectivity index (χ1) is 9.47. The Morgan fingerprint density at radius 3 is 2.70 bits per heavy atom. The number of fused-ring (bicyclic) bond motifs is 1. The molecule has 0 saturated carbocycles. The summed E-state index contributed by atoms with van der Waals surface area (Å²) in [6, 6.07) is 5.13. The highest BCUT2D eigenvalue weighted by molar-refractivity contribution is 5.92. The van der Waals surface area contributed by atoms with Gasteiger partial charge in [-0.15, -0.1) is 0 Å². The summed E-state index contributed by atoms with van der Waals surface area (Å²) in [7, 11) is 0. The van der Waals surface area contributed by atoms with Crippen molar-refractivity contribution in [2.45, 2.75) is 32.9 Å². The van der Waals surface area contributed by atoms with E-state index in [1.54, 1.807) is 31.3 Å². The molecule has 0 bridgehead atoms. The summed E-state index contributed by atoms with van der Waals surface area (Å²) in [5.41, 5.74) is 1.06. The Hall–Kier alpha value is -2.01. The maximum absolute atomic E-state index is 11.7. The van der Waals surface area contributed by atoms with Gasteiger partial charge in [-0.1, -0.05) is 12.1 Å². The van der Waals surface area contributed by atoms with Gasteiger partial charge in [0.25, 0.3) is 0 Å². The summed E-state index contributed by atoms with van der Waals surface area (Å²) in [5.74, 6) is -0.558. The Bertz CT molecular complexity index is 630. The molecule has 2 N–H and O–H groups in total. The lowest BCUT2D eigenvalue weighted by Crippen LogP contribution is -2.15. The van der Waals surface area contributed by atoms with E-state index in [1.165, 1.54) is 0 Å². The number of aromatic nitrogens is 1. The SMILES string of the molecule is CCOC(=O)C(O)c1cn(C(C)C)c2c(O)cccc12. The van der Waals surface area contributed by atoms with E-state index >= 15 is 0 Å². The second kappa shape index (κ2) is 5.54. The van der Waals surface area contributed by atoms with Crippen LogP contribution >= 0.6 is 0 Å². The van der Waals surface area contributed by atoms with Crippen LogP contribution in [0.3, 0.4) is 0 Å². The van der Waals surface area contributed by atoms with Gasteiger partial charge in [0.05, 0.1) is 12.1 Å². The number of nitrogens with zero attached hydrogens (tertiary/aromatic N) is 1. The summed E-state index contributed by atoms with van der Waals surface area (Å²) in [4.78, 5) is 11.7. The predicted molar refractivity (Wildman–Crippen MR) is 75.6 cm³/mol. The van der Waals surface area contributed by atoms with E-state index < -0.39 is 12.1 Å². The van der Waals surface area contributed by atoms with Crippen molar-refractivity contribution in [3.8, 4) is 5.75 Å². The number of rotatable bonds is 4. The van der Waals surface area contributed by atoms with Crippen LogP contribution in [0.1, 0.15) is 38.5 Å². The molecule has 1 aromatic heterocycles. The fourth-order valence-electron chi connectivity index (χ4n) is 2.29. The zero-order valence-electron chi connectivity index (χ0n) is 11.8. The Balaban J connectivity index is 2.60. The standard InChI is InChI=1S/C15H19NO4/c1-4-20-15(19)14(18)11-8-16(9(2)3)13-10(11)6-5-7-12(13)17/h5-9,14,17-18H,4H2,1-3H3. The first-order valence-corrected chi connectivity index (χ1v) is 6.64. The van der Waals surface area contributed by atoms with Crippen LogP contribution in [0.5, 0.6) is 5.75 Å². The van der Waals surface area contributed by atoms with Crippen molar-refractivity contribution >= 4 is 16.9 Å². The number of carbonyl (C=O) groups excluding carboxylic acids is 1. The third kappa shape index (κ3) is 2.36. The van der Waals surface area contributed by atoms with Gasteiger partial charge in [-0.3, -0.25) is 0 Å². The minimum Gasteiger partial charge on any atom is -0.506 e.